The first-order valence-electron chi connectivity index (χ1n) is 6.10. The molecule has 0 aromatic carbocycles. The maximum atomic E-state index is 12.9. The van der Waals surface area contributed by atoms with Gasteiger partial charge in [-0.15, -0.1) is 24.0 Å². The monoisotopic (exact) mass is 269 g/mol. The van der Waals surface area contributed by atoms with Crippen LogP contribution >= 0.6 is 24.0 Å². The van der Waals surface area contributed by atoms with Gasteiger partial charge in [0.05, 0.1) is 0 Å². The van der Waals surface area contributed by atoms with Crippen molar-refractivity contribution in [2.75, 3.05) is 5.32 Å². The van der Waals surface area contributed by atoms with Gasteiger partial charge in [-0.2, -0.15) is 0 Å². The quantitative estimate of drug-likeness (QED) is 0.784. The number of thiol groups is 1. The van der Waals surface area contributed by atoms with E-state index >= 15 is 0 Å². The van der Waals surface area contributed by atoms with Crippen LogP contribution in [0, 0.1) is 5.92 Å². The fraction of sp³-hybridized carbons (Fsp3) is 0.538. The van der Waals surface area contributed by atoms with Gasteiger partial charge < -0.3 is 5.32 Å². The van der Waals surface area contributed by atoms with E-state index in [2.05, 4.69) is 24.5 Å². The lowest BCUT2D eigenvalue weighted by molar-refractivity contribution is 0.459. The molecule has 92 valence electrons. The number of hydrogen-bond acceptors (Lipinski definition) is 3. The van der Waals surface area contributed by atoms with Crippen molar-refractivity contribution in [1.82, 2.24) is 0 Å². The molecule has 1 saturated carbocycles. The molecule has 0 spiro atoms. The van der Waals surface area contributed by atoms with E-state index in [1.807, 2.05) is 0 Å². The van der Waals surface area contributed by atoms with Crippen LogP contribution in [0.1, 0.15) is 29.7 Å². The van der Waals surface area contributed by atoms with E-state index in [9.17, 15) is 4.39 Å². The van der Waals surface area contributed by atoms with Gasteiger partial charge in [-0.05, 0) is 37.7 Å². The predicted molar refractivity (Wildman–Crippen MR) is 74.0 cm³/mol. The Morgan fingerprint density at radius 3 is 2.76 bits per heavy atom. The fourth-order valence-electron chi connectivity index (χ4n) is 2.40. The number of anilines is 1. The standard InChI is InChI=1S/C13H16FNS2/c1-7(9-6-10(9)14)15-13-12(16)8-4-2-3-5-11(8)17-13/h9-10,15-16H,1-6H2/t9-,10+/m1/s1. The van der Waals surface area contributed by atoms with Crippen molar-refractivity contribution in [2.24, 2.45) is 5.92 Å². The third-order valence-corrected chi connectivity index (χ3v) is 5.43. The largest absolute Gasteiger partial charge is 0.350 e. The van der Waals surface area contributed by atoms with Crippen LogP contribution in [0.5, 0.6) is 0 Å². The minimum atomic E-state index is -0.687. The van der Waals surface area contributed by atoms with Crippen molar-refractivity contribution in [2.45, 2.75) is 43.2 Å². The summed E-state index contributed by atoms with van der Waals surface area (Å²) in [6.45, 7) is 3.93. The molecular weight excluding hydrogens is 253 g/mol. The van der Waals surface area contributed by atoms with Gasteiger partial charge in [0.1, 0.15) is 11.2 Å². The van der Waals surface area contributed by atoms with Crippen LogP contribution in [0.25, 0.3) is 0 Å². The number of nitrogens with one attached hydrogen (secondary N) is 1. The molecule has 17 heavy (non-hydrogen) atoms. The summed E-state index contributed by atoms with van der Waals surface area (Å²) in [6, 6.07) is 0. The topological polar surface area (TPSA) is 12.0 Å². The highest BCUT2D eigenvalue weighted by Gasteiger charge is 2.40. The second-order valence-electron chi connectivity index (χ2n) is 4.90. The van der Waals surface area contributed by atoms with Crippen molar-refractivity contribution >= 4 is 29.0 Å². The molecule has 0 bridgehead atoms. The number of aryl methyl sites for hydroxylation is 1. The van der Waals surface area contributed by atoms with Crippen molar-refractivity contribution in [1.29, 1.82) is 0 Å². The number of rotatable bonds is 3. The summed E-state index contributed by atoms with van der Waals surface area (Å²) in [5.41, 5.74) is 2.21. The van der Waals surface area contributed by atoms with E-state index < -0.39 is 6.17 Å². The lowest BCUT2D eigenvalue weighted by Gasteiger charge is -2.10. The second kappa shape index (κ2) is 4.32. The third-order valence-electron chi connectivity index (χ3n) is 3.58. The number of hydrogen-bond donors (Lipinski definition) is 2. The van der Waals surface area contributed by atoms with Gasteiger partial charge in [0.15, 0.2) is 0 Å². The van der Waals surface area contributed by atoms with E-state index in [4.69, 9.17) is 0 Å². The molecule has 1 N–H and O–H groups in total. The number of allylic oxidation sites excluding steroid dienone is 1. The molecule has 0 aliphatic heterocycles. The molecule has 0 unspecified atom stereocenters. The van der Waals surface area contributed by atoms with Crippen LogP contribution in [-0.4, -0.2) is 6.17 Å². The smallest absolute Gasteiger partial charge is 0.109 e. The Kier molecular flexibility index (Phi) is 2.95. The SMILES string of the molecule is C=C(Nc1sc2c(c1S)CCCC2)[C@H]1C[C@@H]1F. The first-order valence-corrected chi connectivity index (χ1v) is 7.36. The van der Waals surface area contributed by atoms with Crippen LogP contribution in [0.3, 0.4) is 0 Å². The number of alkyl halides is 1. The first kappa shape index (κ1) is 11.6. The van der Waals surface area contributed by atoms with E-state index in [-0.39, 0.29) is 5.92 Å². The van der Waals surface area contributed by atoms with Crippen molar-refractivity contribution < 1.29 is 4.39 Å². The highest BCUT2D eigenvalue weighted by molar-refractivity contribution is 7.80. The summed E-state index contributed by atoms with van der Waals surface area (Å²) in [4.78, 5) is 2.51. The Bertz CT molecular complexity index is 466. The Labute approximate surface area is 111 Å². The molecule has 2 aliphatic carbocycles. The van der Waals surface area contributed by atoms with Gasteiger partial charge in [-0.1, -0.05) is 6.58 Å². The lowest BCUT2D eigenvalue weighted by atomic mass is 9.99. The molecule has 4 heteroatoms. The van der Waals surface area contributed by atoms with Gasteiger partial charge >= 0.3 is 0 Å². The average Bonchev–Trinajstić information content (AvgIpc) is 2.97. The van der Waals surface area contributed by atoms with Crippen molar-refractivity contribution in [3.63, 3.8) is 0 Å². The summed E-state index contributed by atoms with van der Waals surface area (Å²) in [5, 5.41) is 4.33. The number of thiophene rings is 1. The molecule has 0 amide bonds. The summed E-state index contributed by atoms with van der Waals surface area (Å²) in [7, 11) is 0. The minimum absolute atomic E-state index is 0.0156. The molecular formula is C13H16FNS2. The second-order valence-corrected chi connectivity index (χ2v) is 6.45. The maximum absolute atomic E-state index is 12.9. The zero-order valence-corrected chi connectivity index (χ0v) is 11.3. The molecule has 3 rings (SSSR count). The van der Waals surface area contributed by atoms with Crippen LogP contribution in [-0.2, 0) is 12.8 Å². The van der Waals surface area contributed by atoms with Gasteiger partial charge in [0, 0.05) is 21.4 Å². The summed E-state index contributed by atoms with van der Waals surface area (Å²) < 4.78 is 12.9. The molecule has 1 aromatic rings. The zero-order valence-electron chi connectivity index (χ0n) is 9.63. The van der Waals surface area contributed by atoms with Gasteiger partial charge in [-0.3, -0.25) is 0 Å². The summed E-state index contributed by atoms with van der Waals surface area (Å²) in [5.74, 6) is 0.0156. The van der Waals surface area contributed by atoms with Crippen LogP contribution in [0.2, 0.25) is 0 Å². The van der Waals surface area contributed by atoms with E-state index in [1.54, 1.807) is 11.3 Å². The molecule has 1 nitrogen and oxygen atoms in total. The number of fused-ring (bicyclic) bond motifs is 1. The Hall–Kier alpha value is -0.480. The lowest BCUT2D eigenvalue weighted by Crippen LogP contribution is -2.01. The predicted octanol–water partition coefficient (Wildman–Crippen LogP) is 4.20. The van der Waals surface area contributed by atoms with Crippen molar-refractivity contribution in [3.05, 3.63) is 22.7 Å². The average molecular weight is 269 g/mol. The molecule has 2 atom stereocenters. The zero-order chi connectivity index (χ0) is 12.0. The highest BCUT2D eigenvalue weighted by Crippen LogP contribution is 2.44. The molecule has 0 saturated heterocycles. The van der Waals surface area contributed by atoms with Crippen molar-refractivity contribution in [3.8, 4) is 0 Å². The van der Waals surface area contributed by atoms with Gasteiger partial charge in [-0.25, -0.2) is 4.39 Å². The maximum Gasteiger partial charge on any atom is 0.109 e. The third kappa shape index (κ3) is 2.13. The minimum Gasteiger partial charge on any atom is -0.350 e. The Morgan fingerprint density at radius 2 is 2.12 bits per heavy atom. The van der Waals surface area contributed by atoms with Gasteiger partial charge in [0.25, 0.3) is 0 Å². The molecule has 0 radical (unpaired) electrons. The van der Waals surface area contributed by atoms with E-state index in [0.717, 1.165) is 28.4 Å². The molecule has 1 aromatic heterocycles. The Balaban J connectivity index is 1.79. The molecule has 1 heterocycles. The summed E-state index contributed by atoms with van der Waals surface area (Å²) in [6.07, 6.45) is 4.76. The molecule has 2 aliphatic rings. The normalized spacial score (nSPS) is 26.5. The Morgan fingerprint density at radius 1 is 1.41 bits per heavy atom. The van der Waals surface area contributed by atoms with Gasteiger partial charge in [0.2, 0.25) is 0 Å². The van der Waals surface area contributed by atoms with Crippen LogP contribution < -0.4 is 5.32 Å². The van der Waals surface area contributed by atoms with E-state index in [0.29, 0.717) is 6.42 Å². The van der Waals surface area contributed by atoms with Crippen LogP contribution in [0.15, 0.2) is 17.2 Å². The first-order chi connectivity index (χ1) is 8.16. The van der Waals surface area contributed by atoms with Crippen LogP contribution in [0.4, 0.5) is 9.39 Å². The molecule has 1 fully saturated rings. The number of halogens is 1. The summed E-state index contributed by atoms with van der Waals surface area (Å²) >= 11 is 6.37. The van der Waals surface area contributed by atoms with E-state index in [1.165, 1.54) is 23.3 Å². The highest BCUT2D eigenvalue weighted by atomic mass is 32.1. The fourth-order valence-corrected chi connectivity index (χ4v) is 4.13.